The maximum atomic E-state index is 11.7. The third kappa shape index (κ3) is 8.19. The van der Waals surface area contributed by atoms with Gasteiger partial charge in [-0.3, -0.25) is 4.79 Å². The molecule has 0 rings (SSSR count). The van der Waals surface area contributed by atoms with E-state index in [2.05, 4.69) is 5.32 Å². The van der Waals surface area contributed by atoms with E-state index in [0.29, 0.717) is 0 Å². The summed E-state index contributed by atoms with van der Waals surface area (Å²) in [5.74, 6) is -0.805. The summed E-state index contributed by atoms with van der Waals surface area (Å²) in [7, 11) is 0. The smallest absolute Gasteiger partial charge is 0.389 e. The summed E-state index contributed by atoms with van der Waals surface area (Å²) < 4.78 is 35.1. The lowest BCUT2D eigenvalue weighted by molar-refractivity contribution is -0.144. The first-order valence-corrected chi connectivity index (χ1v) is 4.33. The lowest BCUT2D eigenvalue weighted by Gasteiger charge is -2.20. The standard InChI is InChI=1S/C8H14F3NO3/c1-7(15,5-13)4-12-6(14)2-3-8(9,10)11/h13,15H,2-5H2,1H3,(H,12,14). The fourth-order valence-electron chi connectivity index (χ4n) is 0.689. The van der Waals surface area contributed by atoms with E-state index in [1.54, 1.807) is 0 Å². The van der Waals surface area contributed by atoms with Gasteiger partial charge >= 0.3 is 6.18 Å². The van der Waals surface area contributed by atoms with Gasteiger partial charge in [-0.1, -0.05) is 0 Å². The third-order valence-corrected chi connectivity index (χ3v) is 1.64. The number of nitrogens with one attached hydrogen (secondary N) is 1. The molecule has 4 nitrogen and oxygen atoms in total. The largest absolute Gasteiger partial charge is 0.393 e. The number of halogens is 3. The Bertz CT molecular complexity index is 216. The van der Waals surface area contributed by atoms with Crippen LogP contribution in [0.25, 0.3) is 0 Å². The van der Waals surface area contributed by atoms with E-state index in [1.807, 2.05) is 0 Å². The third-order valence-electron chi connectivity index (χ3n) is 1.64. The van der Waals surface area contributed by atoms with Crippen LogP contribution in [-0.4, -0.2) is 41.0 Å². The number of hydrogen-bond donors (Lipinski definition) is 3. The topological polar surface area (TPSA) is 69.6 Å². The van der Waals surface area contributed by atoms with Crippen molar-refractivity contribution in [3.05, 3.63) is 0 Å². The molecule has 0 aromatic rings. The number of carbonyl (C=O) groups excluding carboxylic acids is 1. The van der Waals surface area contributed by atoms with E-state index in [4.69, 9.17) is 5.11 Å². The van der Waals surface area contributed by atoms with Gasteiger partial charge < -0.3 is 15.5 Å². The van der Waals surface area contributed by atoms with Crippen molar-refractivity contribution in [3.8, 4) is 0 Å². The number of aliphatic hydroxyl groups excluding tert-OH is 1. The average molecular weight is 229 g/mol. The molecule has 0 saturated heterocycles. The molecule has 0 heterocycles. The zero-order chi connectivity index (χ0) is 12.1. The van der Waals surface area contributed by atoms with E-state index in [1.165, 1.54) is 6.92 Å². The monoisotopic (exact) mass is 229 g/mol. The molecule has 90 valence electrons. The highest BCUT2D eigenvalue weighted by Gasteiger charge is 2.28. The van der Waals surface area contributed by atoms with E-state index in [9.17, 15) is 23.1 Å². The number of alkyl halides is 3. The summed E-state index contributed by atoms with van der Waals surface area (Å²) in [6, 6.07) is 0. The molecule has 0 aliphatic carbocycles. The second-order valence-electron chi connectivity index (χ2n) is 3.55. The second kappa shape index (κ2) is 5.32. The maximum absolute atomic E-state index is 11.7. The molecule has 0 saturated carbocycles. The molecule has 0 radical (unpaired) electrons. The van der Waals surface area contributed by atoms with Crippen LogP contribution in [0.3, 0.4) is 0 Å². The predicted molar refractivity (Wildman–Crippen MR) is 46.0 cm³/mol. The van der Waals surface area contributed by atoms with Gasteiger partial charge in [0.25, 0.3) is 0 Å². The minimum Gasteiger partial charge on any atom is -0.393 e. The molecule has 0 aromatic heterocycles. The second-order valence-corrected chi connectivity index (χ2v) is 3.55. The van der Waals surface area contributed by atoms with E-state index >= 15 is 0 Å². The normalized spacial score (nSPS) is 15.9. The minimum atomic E-state index is -4.36. The Balaban J connectivity index is 3.77. The van der Waals surface area contributed by atoms with Gasteiger partial charge in [0.15, 0.2) is 0 Å². The molecule has 0 bridgehead atoms. The molecule has 15 heavy (non-hydrogen) atoms. The lowest BCUT2D eigenvalue weighted by atomic mass is 10.1. The van der Waals surface area contributed by atoms with Crippen molar-refractivity contribution in [3.63, 3.8) is 0 Å². The van der Waals surface area contributed by atoms with Crippen LogP contribution >= 0.6 is 0 Å². The predicted octanol–water partition coefficient (Wildman–Crippen LogP) is 0.188. The van der Waals surface area contributed by atoms with Crippen molar-refractivity contribution >= 4 is 5.91 Å². The van der Waals surface area contributed by atoms with Crippen LogP contribution in [0.1, 0.15) is 19.8 Å². The van der Waals surface area contributed by atoms with Crippen LogP contribution in [-0.2, 0) is 4.79 Å². The Morgan fingerprint density at radius 3 is 2.33 bits per heavy atom. The highest BCUT2D eigenvalue weighted by atomic mass is 19.4. The van der Waals surface area contributed by atoms with Gasteiger partial charge in [-0.05, 0) is 6.92 Å². The van der Waals surface area contributed by atoms with Gasteiger partial charge in [-0.15, -0.1) is 0 Å². The van der Waals surface area contributed by atoms with Gasteiger partial charge in [0, 0.05) is 13.0 Å². The Hall–Kier alpha value is -0.820. The van der Waals surface area contributed by atoms with Gasteiger partial charge in [-0.25, -0.2) is 0 Å². The lowest BCUT2D eigenvalue weighted by Crippen LogP contribution is -2.43. The van der Waals surface area contributed by atoms with Gasteiger partial charge in [0.1, 0.15) is 5.60 Å². The van der Waals surface area contributed by atoms with Crippen molar-refractivity contribution in [2.24, 2.45) is 0 Å². The molecule has 1 amide bonds. The molecule has 3 N–H and O–H groups in total. The molecular formula is C8H14F3NO3. The van der Waals surface area contributed by atoms with Crippen LogP contribution in [0.5, 0.6) is 0 Å². The average Bonchev–Trinajstić information content (AvgIpc) is 2.10. The van der Waals surface area contributed by atoms with Crippen molar-refractivity contribution in [1.29, 1.82) is 0 Å². The summed E-state index contributed by atoms with van der Waals surface area (Å²) in [5, 5.41) is 19.9. The molecule has 1 unspecified atom stereocenters. The fourth-order valence-corrected chi connectivity index (χ4v) is 0.689. The Morgan fingerprint density at radius 1 is 1.40 bits per heavy atom. The number of amides is 1. The highest BCUT2D eigenvalue weighted by Crippen LogP contribution is 2.20. The zero-order valence-corrected chi connectivity index (χ0v) is 8.26. The first-order chi connectivity index (χ1) is 6.66. The molecule has 0 aliphatic rings. The Morgan fingerprint density at radius 2 is 1.93 bits per heavy atom. The van der Waals surface area contributed by atoms with Crippen LogP contribution in [0.15, 0.2) is 0 Å². The summed E-state index contributed by atoms with van der Waals surface area (Å²) in [5.41, 5.74) is -1.51. The molecule has 7 heteroatoms. The summed E-state index contributed by atoms with van der Waals surface area (Å²) in [6.45, 7) is 0.407. The van der Waals surface area contributed by atoms with Crippen LogP contribution in [0.2, 0.25) is 0 Å². The van der Waals surface area contributed by atoms with Gasteiger partial charge in [0.05, 0.1) is 13.0 Å². The number of hydrogen-bond acceptors (Lipinski definition) is 3. The number of aliphatic hydroxyl groups is 2. The van der Waals surface area contributed by atoms with Crippen molar-refractivity contribution < 1.29 is 28.2 Å². The minimum absolute atomic E-state index is 0.278. The molecule has 0 aliphatic heterocycles. The van der Waals surface area contributed by atoms with E-state index in [-0.39, 0.29) is 6.54 Å². The summed E-state index contributed by atoms with van der Waals surface area (Å²) in [6.07, 6.45) is -6.23. The SMILES string of the molecule is CC(O)(CO)CNC(=O)CCC(F)(F)F. The Labute approximate surface area is 85.1 Å². The van der Waals surface area contributed by atoms with Crippen LogP contribution in [0, 0.1) is 0 Å². The molecular weight excluding hydrogens is 215 g/mol. The first-order valence-electron chi connectivity index (χ1n) is 4.33. The number of carbonyl (C=O) groups is 1. The van der Waals surface area contributed by atoms with Crippen molar-refractivity contribution in [2.75, 3.05) is 13.2 Å². The zero-order valence-electron chi connectivity index (χ0n) is 8.26. The fraction of sp³-hybridized carbons (Fsp3) is 0.875. The van der Waals surface area contributed by atoms with Crippen molar-refractivity contribution in [2.45, 2.75) is 31.5 Å². The molecule has 0 fully saturated rings. The van der Waals surface area contributed by atoms with E-state index in [0.717, 1.165) is 0 Å². The van der Waals surface area contributed by atoms with Gasteiger partial charge in [-0.2, -0.15) is 13.2 Å². The summed E-state index contributed by atoms with van der Waals surface area (Å²) >= 11 is 0. The Kier molecular flexibility index (Phi) is 5.02. The summed E-state index contributed by atoms with van der Waals surface area (Å²) in [4.78, 5) is 10.8. The highest BCUT2D eigenvalue weighted by molar-refractivity contribution is 5.75. The quantitative estimate of drug-likeness (QED) is 0.630. The van der Waals surface area contributed by atoms with Crippen LogP contribution < -0.4 is 5.32 Å². The van der Waals surface area contributed by atoms with Crippen molar-refractivity contribution in [1.82, 2.24) is 5.32 Å². The van der Waals surface area contributed by atoms with Crippen LogP contribution in [0.4, 0.5) is 13.2 Å². The molecule has 0 spiro atoms. The maximum Gasteiger partial charge on any atom is 0.389 e. The number of rotatable bonds is 5. The van der Waals surface area contributed by atoms with Gasteiger partial charge in [0.2, 0.25) is 5.91 Å². The molecule has 1 atom stereocenters. The van der Waals surface area contributed by atoms with E-state index < -0.39 is 37.1 Å². The first kappa shape index (κ1) is 14.2. The molecule has 0 aromatic carbocycles.